The number of aromatic nitrogens is 4. The summed E-state index contributed by atoms with van der Waals surface area (Å²) in [7, 11) is -1.54. The first-order valence-corrected chi connectivity index (χ1v) is 9.58. The molecular weight excluding hydrogens is 422 g/mol. The predicted octanol–water partition coefficient (Wildman–Crippen LogP) is -2.58. The van der Waals surface area contributed by atoms with Gasteiger partial charge in [-0.25, -0.2) is 9.97 Å². The largest absolute Gasteiger partial charge is 1.00 e. The molecule has 9 nitrogen and oxygen atoms in total. The van der Waals surface area contributed by atoms with Crippen LogP contribution in [0.2, 0.25) is 0 Å². The molecule has 4 heterocycles. The molecule has 0 aliphatic carbocycles. The van der Waals surface area contributed by atoms with Gasteiger partial charge in [-0.1, -0.05) is 0 Å². The van der Waals surface area contributed by atoms with Crippen molar-refractivity contribution in [3.8, 4) is 0 Å². The maximum Gasteiger partial charge on any atom is 1.00 e. The Kier molecular flexibility index (Phi) is 11.0. The summed E-state index contributed by atoms with van der Waals surface area (Å²) in [6, 6.07) is 0. The predicted molar refractivity (Wildman–Crippen MR) is 106 cm³/mol. The summed E-state index contributed by atoms with van der Waals surface area (Å²) in [4.78, 5) is 20.8. The van der Waals surface area contributed by atoms with E-state index in [9.17, 15) is 0 Å². The summed E-state index contributed by atoms with van der Waals surface area (Å²) < 4.78 is 0.812. The zero-order chi connectivity index (χ0) is 18.4. The molecule has 2 fully saturated rings. The number of hydrogen-bond acceptors (Lipinski definition) is 9. The van der Waals surface area contributed by atoms with Gasteiger partial charge in [-0.15, -0.1) is 0 Å². The summed E-state index contributed by atoms with van der Waals surface area (Å²) in [5.41, 5.74) is 0.203. The third kappa shape index (κ3) is 6.99. The second kappa shape index (κ2) is 12.4. The van der Waals surface area contributed by atoms with Crippen LogP contribution >= 0.6 is 15.9 Å². The van der Waals surface area contributed by atoms with Gasteiger partial charge in [0.1, 0.15) is 16.2 Å². The first-order chi connectivity index (χ1) is 12.6. The average Bonchev–Trinajstić information content (AvgIpc) is 3.36. The number of halogens is 1. The van der Waals surface area contributed by atoms with Gasteiger partial charge in [0.15, 0.2) is 0 Å². The summed E-state index contributed by atoms with van der Waals surface area (Å²) >= 11 is 3.31. The summed E-state index contributed by atoms with van der Waals surface area (Å²) in [6.45, 7) is 4.18. The van der Waals surface area contributed by atoms with Crippen LogP contribution in [0.25, 0.3) is 0 Å². The van der Waals surface area contributed by atoms with Crippen LogP contribution in [0.5, 0.6) is 0 Å². The first-order valence-electron chi connectivity index (χ1n) is 8.79. The van der Waals surface area contributed by atoms with E-state index in [0.29, 0.717) is 0 Å². The molecule has 0 bridgehead atoms. The third-order valence-corrected chi connectivity index (χ3v) is 4.74. The Morgan fingerprint density at radius 2 is 1.25 bits per heavy atom. The standard InChI is InChI=1S/C8H12BN3O2.C8H10BrN3.Li.H2O/c13-9(14)7-5-10-6-8(11-7)12-3-1-2-4-12;9-7-5-10-6-8(11-7)12-3-1-2-4-12;;/h5-6,13-14H,1-4H2;5-6H,1-4H2;;1H2/q;;+1;/p-1. The monoisotopic (exact) mass is 444 g/mol. The van der Waals surface area contributed by atoms with Crippen LogP contribution in [0.3, 0.4) is 0 Å². The van der Waals surface area contributed by atoms with Crippen molar-refractivity contribution in [2.24, 2.45) is 0 Å². The van der Waals surface area contributed by atoms with E-state index in [-0.39, 0.29) is 29.9 Å². The minimum absolute atomic E-state index is 0. The molecule has 0 spiro atoms. The fraction of sp³-hybridized carbons (Fsp3) is 0.500. The number of hydrogen-bond donors (Lipinski definition) is 2. The van der Waals surface area contributed by atoms with Gasteiger partial charge in [0.2, 0.25) is 0 Å². The van der Waals surface area contributed by atoms with Gasteiger partial charge in [-0.3, -0.25) is 9.97 Å². The Labute approximate surface area is 185 Å². The van der Waals surface area contributed by atoms with Gasteiger partial charge < -0.3 is 25.3 Å². The molecule has 0 radical (unpaired) electrons. The Bertz CT molecular complexity index is 720. The summed E-state index contributed by atoms with van der Waals surface area (Å²) in [5, 5.41) is 17.9. The van der Waals surface area contributed by atoms with Crippen LogP contribution < -0.4 is 34.3 Å². The molecule has 2 aromatic heterocycles. The van der Waals surface area contributed by atoms with Crippen LogP contribution in [-0.2, 0) is 0 Å². The van der Waals surface area contributed by atoms with E-state index in [1.165, 1.54) is 19.0 Å². The SMILES string of the molecule is Brc1cncc(N2CCCC2)n1.OB(O)c1cncc(N2CCCC2)n1.[Li+].[OH-]. The molecule has 0 aromatic carbocycles. The second-order valence-corrected chi connectivity index (χ2v) is 7.08. The molecule has 2 aromatic rings. The number of nitrogens with zero attached hydrogens (tertiary/aromatic N) is 6. The zero-order valence-corrected chi connectivity index (χ0v) is 17.5. The van der Waals surface area contributed by atoms with Crippen molar-refractivity contribution in [3.63, 3.8) is 0 Å². The van der Waals surface area contributed by atoms with Gasteiger partial charge in [0.25, 0.3) is 0 Å². The third-order valence-electron chi connectivity index (χ3n) is 4.36. The van der Waals surface area contributed by atoms with Crippen molar-refractivity contribution in [1.82, 2.24) is 19.9 Å². The number of rotatable bonds is 3. The summed E-state index contributed by atoms with van der Waals surface area (Å²) in [6.07, 6.45) is 11.4. The molecule has 4 rings (SSSR count). The van der Waals surface area contributed by atoms with Gasteiger partial charge in [0, 0.05) is 32.4 Å². The minimum atomic E-state index is -1.54. The maximum atomic E-state index is 8.93. The number of anilines is 2. The quantitative estimate of drug-likeness (QED) is 0.490. The van der Waals surface area contributed by atoms with Gasteiger partial charge in [-0.2, -0.15) is 0 Å². The van der Waals surface area contributed by atoms with Gasteiger partial charge >= 0.3 is 26.0 Å². The van der Waals surface area contributed by atoms with Crippen molar-refractivity contribution in [2.45, 2.75) is 25.7 Å². The second-order valence-electron chi connectivity index (χ2n) is 6.26. The first kappa shape index (κ1) is 24.8. The van der Waals surface area contributed by atoms with Crippen LogP contribution in [-0.4, -0.2) is 68.8 Å². The van der Waals surface area contributed by atoms with E-state index < -0.39 is 7.12 Å². The van der Waals surface area contributed by atoms with E-state index in [4.69, 9.17) is 10.0 Å². The van der Waals surface area contributed by atoms with Crippen molar-refractivity contribution in [2.75, 3.05) is 36.0 Å². The molecule has 2 aliphatic heterocycles. The van der Waals surface area contributed by atoms with E-state index in [2.05, 4.69) is 45.7 Å². The fourth-order valence-electron chi connectivity index (χ4n) is 3.02. The van der Waals surface area contributed by atoms with Crippen molar-refractivity contribution >= 4 is 40.3 Å². The topological polar surface area (TPSA) is 128 Å². The van der Waals surface area contributed by atoms with E-state index in [0.717, 1.165) is 55.3 Å². The molecule has 28 heavy (non-hydrogen) atoms. The molecule has 3 N–H and O–H groups in total. The van der Waals surface area contributed by atoms with Crippen LogP contribution in [0.4, 0.5) is 11.6 Å². The minimum Gasteiger partial charge on any atom is -0.870 e. The smallest absolute Gasteiger partial charge is 0.870 e. The molecule has 12 heteroatoms. The fourth-order valence-corrected chi connectivity index (χ4v) is 3.32. The van der Waals surface area contributed by atoms with Crippen LogP contribution in [0.15, 0.2) is 29.4 Å². The molecular formula is C16H23BBrLiN6O3. The van der Waals surface area contributed by atoms with E-state index in [1.54, 1.807) is 12.4 Å². The Hall–Kier alpha value is -1.22. The molecule has 0 unspecified atom stereocenters. The van der Waals surface area contributed by atoms with Crippen LogP contribution in [0.1, 0.15) is 25.7 Å². The van der Waals surface area contributed by atoms with Gasteiger partial charge in [-0.05, 0) is 41.6 Å². The Morgan fingerprint density at radius 1 is 0.786 bits per heavy atom. The van der Waals surface area contributed by atoms with E-state index >= 15 is 0 Å². The molecule has 0 saturated carbocycles. The molecule has 0 amide bonds. The molecule has 146 valence electrons. The molecule has 0 atom stereocenters. The maximum absolute atomic E-state index is 8.93. The average molecular weight is 445 g/mol. The van der Waals surface area contributed by atoms with Crippen molar-refractivity contribution < 1.29 is 34.4 Å². The molecule has 2 saturated heterocycles. The van der Waals surface area contributed by atoms with Crippen molar-refractivity contribution in [1.29, 1.82) is 0 Å². The van der Waals surface area contributed by atoms with E-state index in [1.807, 2.05) is 6.20 Å². The Balaban J connectivity index is 0.000000264. The van der Waals surface area contributed by atoms with Gasteiger partial charge in [0.05, 0.1) is 24.2 Å². The normalized spacial score (nSPS) is 15.2. The van der Waals surface area contributed by atoms with Crippen LogP contribution in [0, 0.1) is 0 Å². The Morgan fingerprint density at radius 3 is 1.71 bits per heavy atom. The summed E-state index contributed by atoms with van der Waals surface area (Å²) in [5.74, 6) is 1.72. The van der Waals surface area contributed by atoms with Crippen molar-refractivity contribution in [3.05, 3.63) is 29.4 Å². The zero-order valence-electron chi connectivity index (χ0n) is 15.9. The molecule has 2 aliphatic rings.